The van der Waals surface area contributed by atoms with Crippen LogP contribution < -0.4 is 10.6 Å². The minimum atomic E-state index is -2.60. The number of anilines is 2. The van der Waals surface area contributed by atoms with Crippen LogP contribution in [0.3, 0.4) is 0 Å². The largest absolute Gasteiger partial charge is 0.341 e. The quantitative estimate of drug-likeness (QED) is 0.462. The third-order valence-electron chi connectivity index (χ3n) is 6.38. The van der Waals surface area contributed by atoms with Gasteiger partial charge in [0, 0.05) is 55.9 Å². The highest BCUT2D eigenvalue weighted by atomic mass is 19.3. The summed E-state index contributed by atoms with van der Waals surface area (Å²) in [6, 6.07) is 9.42. The molecule has 0 unspecified atom stereocenters. The summed E-state index contributed by atoms with van der Waals surface area (Å²) in [5, 5.41) is 4.15. The molecule has 8 heteroatoms. The summed E-state index contributed by atoms with van der Waals surface area (Å²) in [4.78, 5) is 14.6. The Balaban J connectivity index is 1.66. The van der Waals surface area contributed by atoms with Crippen LogP contribution in [0.15, 0.2) is 47.5 Å². The van der Waals surface area contributed by atoms with E-state index in [0.717, 1.165) is 47.4 Å². The van der Waals surface area contributed by atoms with Crippen molar-refractivity contribution in [2.45, 2.75) is 32.7 Å². The zero-order chi connectivity index (χ0) is 22.6. The molecule has 0 bridgehead atoms. The van der Waals surface area contributed by atoms with Crippen LogP contribution in [0.1, 0.15) is 30.9 Å². The normalized spacial score (nSPS) is 13.9. The molecule has 0 N–H and O–H groups in total. The third-order valence-corrected chi connectivity index (χ3v) is 6.38. The summed E-state index contributed by atoms with van der Waals surface area (Å²) in [7, 11) is 3.54. The Morgan fingerprint density at radius 3 is 2.62 bits per heavy atom. The molecule has 166 valence electrons. The molecular formula is C24H25F2N5O. The summed E-state index contributed by atoms with van der Waals surface area (Å²) in [5.41, 5.74) is 5.64. The van der Waals surface area contributed by atoms with Crippen molar-refractivity contribution in [3.05, 3.63) is 64.3 Å². The van der Waals surface area contributed by atoms with Crippen LogP contribution in [0.5, 0.6) is 0 Å². The first-order valence-electron chi connectivity index (χ1n) is 10.8. The van der Waals surface area contributed by atoms with Crippen molar-refractivity contribution >= 4 is 22.4 Å². The highest BCUT2D eigenvalue weighted by molar-refractivity contribution is 5.84. The molecule has 4 aromatic rings. The Morgan fingerprint density at radius 2 is 1.94 bits per heavy atom. The zero-order valence-corrected chi connectivity index (χ0v) is 18.3. The van der Waals surface area contributed by atoms with Crippen molar-refractivity contribution in [3.63, 3.8) is 0 Å². The van der Waals surface area contributed by atoms with E-state index in [9.17, 15) is 13.6 Å². The van der Waals surface area contributed by atoms with E-state index in [2.05, 4.69) is 10.00 Å². The lowest BCUT2D eigenvalue weighted by molar-refractivity contribution is 0.152. The molecule has 2 aromatic carbocycles. The van der Waals surface area contributed by atoms with E-state index in [4.69, 9.17) is 0 Å². The Hall–Kier alpha value is -3.42. The summed E-state index contributed by atoms with van der Waals surface area (Å²) >= 11 is 0. The molecule has 1 aliphatic heterocycles. The van der Waals surface area contributed by atoms with Gasteiger partial charge in [0.25, 0.3) is 6.43 Å². The lowest BCUT2D eigenvalue weighted by Gasteiger charge is -2.32. The molecular weight excluding hydrogens is 412 g/mol. The number of rotatable bonds is 4. The van der Waals surface area contributed by atoms with Crippen LogP contribution in [0.2, 0.25) is 0 Å². The van der Waals surface area contributed by atoms with E-state index >= 15 is 0 Å². The third kappa shape index (κ3) is 3.13. The average Bonchev–Trinajstić information content (AvgIpc) is 3.33. The maximum Gasteiger partial charge on any atom is 0.328 e. The van der Waals surface area contributed by atoms with Crippen LogP contribution >= 0.6 is 0 Å². The van der Waals surface area contributed by atoms with E-state index in [1.165, 1.54) is 0 Å². The van der Waals surface area contributed by atoms with Crippen molar-refractivity contribution in [1.29, 1.82) is 0 Å². The van der Waals surface area contributed by atoms with E-state index in [1.54, 1.807) is 46.4 Å². The fourth-order valence-electron chi connectivity index (χ4n) is 4.78. The van der Waals surface area contributed by atoms with Gasteiger partial charge in [0.1, 0.15) is 0 Å². The zero-order valence-electron chi connectivity index (χ0n) is 18.3. The predicted octanol–water partition coefficient (Wildman–Crippen LogP) is 4.78. The number of hydrogen-bond donors (Lipinski definition) is 0. The summed E-state index contributed by atoms with van der Waals surface area (Å²) in [6.45, 7) is 3.27. The molecule has 0 saturated carbocycles. The summed E-state index contributed by atoms with van der Waals surface area (Å²) in [5.74, 6) is 0. The van der Waals surface area contributed by atoms with Gasteiger partial charge in [-0.05, 0) is 61.2 Å². The highest BCUT2D eigenvalue weighted by Gasteiger charge is 2.25. The van der Waals surface area contributed by atoms with Gasteiger partial charge in [0.2, 0.25) is 0 Å². The topological polar surface area (TPSA) is 48.0 Å². The predicted molar refractivity (Wildman–Crippen MR) is 122 cm³/mol. The van der Waals surface area contributed by atoms with Crippen LogP contribution in [0.4, 0.5) is 20.2 Å². The molecule has 32 heavy (non-hydrogen) atoms. The van der Waals surface area contributed by atoms with Gasteiger partial charge in [-0.3, -0.25) is 13.8 Å². The van der Waals surface area contributed by atoms with E-state index < -0.39 is 6.43 Å². The maximum absolute atomic E-state index is 14.1. The molecule has 6 nitrogen and oxygen atoms in total. The van der Waals surface area contributed by atoms with Crippen molar-refractivity contribution in [2.75, 3.05) is 11.4 Å². The minimum absolute atomic E-state index is 0.00858. The lowest BCUT2D eigenvalue weighted by atomic mass is 9.93. The minimum Gasteiger partial charge on any atom is -0.341 e. The van der Waals surface area contributed by atoms with E-state index in [0.29, 0.717) is 17.7 Å². The Labute approximate surface area is 184 Å². The van der Waals surface area contributed by atoms with Crippen LogP contribution in [-0.4, -0.2) is 25.5 Å². The molecule has 2 aromatic heterocycles. The Kier molecular flexibility index (Phi) is 4.87. The average molecular weight is 437 g/mol. The van der Waals surface area contributed by atoms with Crippen LogP contribution in [0.25, 0.3) is 22.2 Å². The highest BCUT2D eigenvalue weighted by Crippen LogP contribution is 2.41. The number of hydrogen-bond acceptors (Lipinski definition) is 3. The van der Waals surface area contributed by atoms with Crippen molar-refractivity contribution in [1.82, 2.24) is 18.9 Å². The second-order valence-electron chi connectivity index (χ2n) is 8.29. The van der Waals surface area contributed by atoms with Gasteiger partial charge in [-0.15, -0.1) is 0 Å². The fourth-order valence-corrected chi connectivity index (χ4v) is 4.78. The van der Waals surface area contributed by atoms with Crippen LogP contribution in [-0.2, 0) is 27.1 Å². The first-order valence-corrected chi connectivity index (χ1v) is 10.8. The Morgan fingerprint density at radius 1 is 1.12 bits per heavy atom. The number of benzene rings is 2. The molecule has 0 atom stereocenters. The van der Waals surface area contributed by atoms with E-state index in [1.807, 2.05) is 31.2 Å². The maximum atomic E-state index is 14.1. The smallest absolute Gasteiger partial charge is 0.328 e. The van der Waals surface area contributed by atoms with Gasteiger partial charge in [-0.25, -0.2) is 13.6 Å². The van der Waals surface area contributed by atoms with Gasteiger partial charge in [0.15, 0.2) is 0 Å². The molecule has 3 heterocycles. The fraction of sp³-hybridized carbons (Fsp3) is 0.333. The van der Waals surface area contributed by atoms with Gasteiger partial charge in [0.05, 0.1) is 17.2 Å². The van der Waals surface area contributed by atoms with Gasteiger partial charge < -0.3 is 4.90 Å². The Bertz CT molecular complexity index is 1380. The number of aryl methyl sites for hydroxylation is 4. The number of fused-ring (bicyclic) bond motifs is 2. The molecule has 1 aliphatic rings. The van der Waals surface area contributed by atoms with Gasteiger partial charge in [-0.2, -0.15) is 5.10 Å². The monoisotopic (exact) mass is 437 g/mol. The van der Waals surface area contributed by atoms with Gasteiger partial charge in [-0.1, -0.05) is 0 Å². The van der Waals surface area contributed by atoms with Gasteiger partial charge >= 0.3 is 5.69 Å². The second-order valence-corrected chi connectivity index (χ2v) is 8.29. The van der Waals surface area contributed by atoms with Crippen LogP contribution in [0, 0.1) is 0 Å². The molecule has 0 amide bonds. The number of nitrogens with zero attached hydrogens (tertiary/aromatic N) is 5. The molecule has 0 spiro atoms. The standard InChI is InChI=1S/C24H25F2N5O/c1-4-30-20-8-7-17(11-22(20)29(3)24(30)32)31-9-5-6-15-10-18(16-13-27-28(2)14-16)19(23(25)26)12-21(15)31/h7-8,10-14,23H,4-6,9H2,1-3H3. The molecule has 5 rings (SSSR count). The number of halogens is 2. The number of aromatic nitrogens is 4. The van der Waals surface area contributed by atoms with E-state index in [-0.39, 0.29) is 11.3 Å². The molecule has 0 saturated heterocycles. The lowest BCUT2D eigenvalue weighted by Crippen LogP contribution is -2.25. The summed E-state index contributed by atoms with van der Waals surface area (Å²) in [6.07, 6.45) is 2.54. The first kappa shape index (κ1) is 20.5. The second kappa shape index (κ2) is 7.62. The molecule has 0 aliphatic carbocycles. The number of imidazole rings is 1. The molecule has 0 fully saturated rings. The number of alkyl halides is 2. The first-order chi connectivity index (χ1) is 15.4. The summed E-state index contributed by atoms with van der Waals surface area (Å²) < 4.78 is 33.2. The van der Waals surface area contributed by atoms with Crippen molar-refractivity contribution in [3.8, 4) is 11.1 Å². The molecule has 0 radical (unpaired) electrons. The van der Waals surface area contributed by atoms with Crippen molar-refractivity contribution in [2.24, 2.45) is 14.1 Å². The SMILES string of the molecule is CCn1c(=O)n(C)c2cc(N3CCCc4cc(-c5cnn(C)c5)c(C(F)F)cc43)ccc21. The van der Waals surface area contributed by atoms with Crippen molar-refractivity contribution < 1.29 is 8.78 Å².